The number of aromatic carboxylic acids is 1. The second-order valence-electron chi connectivity index (χ2n) is 4.53. The third kappa shape index (κ3) is 1.89. The number of nitrogens with zero attached hydrogens (tertiary/aromatic N) is 2. The number of hydrogen-bond acceptors (Lipinski definition) is 4. The van der Waals surface area contributed by atoms with E-state index in [9.17, 15) is 4.79 Å². The van der Waals surface area contributed by atoms with Crippen LogP contribution in [0.5, 0.6) is 0 Å². The first-order chi connectivity index (χ1) is 9.16. The molecule has 0 fully saturated rings. The van der Waals surface area contributed by atoms with Crippen molar-refractivity contribution in [2.45, 2.75) is 13.1 Å². The molecule has 0 radical (unpaired) electrons. The van der Waals surface area contributed by atoms with E-state index < -0.39 is 5.97 Å². The lowest BCUT2D eigenvalue weighted by Gasteiger charge is -2.19. The minimum Gasteiger partial charge on any atom is -0.478 e. The zero-order valence-corrected chi connectivity index (χ0v) is 10.2. The number of anilines is 2. The minimum atomic E-state index is -1.03. The number of nitrogen functional groups attached to an aromatic ring is 1. The van der Waals surface area contributed by atoms with Crippen LogP contribution < -0.4 is 10.6 Å². The van der Waals surface area contributed by atoms with Crippen molar-refractivity contribution in [2.24, 2.45) is 0 Å². The first kappa shape index (κ1) is 11.5. The summed E-state index contributed by atoms with van der Waals surface area (Å²) in [6.45, 7) is 1.41. The number of carboxylic acid groups (broad SMARTS) is 1. The van der Waals surface area contributed by atoms with Gasteiger partial charge in [-0.25, -0.2) is 9.78 Å². The molecular formula is C14H13N3O2. The summed E-state index contributed by atoms with van der Waals surface area (Å²) >= 11 is 0. The summed E-state index contributed by atoms with van der Waals surface area (Å²) in [5.41, 5.74) is 8.69. The largest absolute Gasteiger partial charge is 0.478 e. The normalized spacial score (nSPS) is 13.4. The Morgan fingerprint density at radius 1 is 1.21 bits per heavy atom. The van der Waals surface area contributed by atoms with Crippen LogP contribution >= 0.6 is 0 Å². The zero-order valence-electron chi connectivity index (χ0n) is 10.2. The molecule has 0 amide bonds. The molecule has 1 aliphatic heterocycles. The number of hydrogen-bond donors (Lipinski definition) is 2. The van der Waals surface area contributed by atoms with Gasteiger partial charge in [0.2, 0.25) is 0 Å². The number of aromatic nitrogens is 1. The third-order valence-electron chi connectivity index (χ3n) is 3.34. The highest BCUT2D eigenvalue weighted by Gasteiger charge is 2.23. The molecule has 2 aromatic rings. The molecule has 5 nitrogen and oxygen atoms in total. The molecule has 0 saturated heterocycles. The van der Waals surface area contributed by atoms with E-state index in [0.29, 0.717) is 18.9 Å². The van der Waals surface area contributed by atoms with E-state index in [1.54, 1.807) is 0 Å². The van der Waals surface area contributed by atoms with E-state index in [1.807, 2.05) is 17.0 Å². The first-order valence-corrected chi connectivity index (χ1v) is 5.96. The molecule has 0 bridgehead atoms. The van der Waals surface area contributed by atoms with E-state index >= 15 is 0 Å². The number of rotatable bonds is 2. The molecule has 2 heterocycles. The fourth-order valence-electron chi connectivity index (χ4n) is 2.38. The number of nitrogens with two attached hydrogens (primary N) is 1. The van der Waals surface area contributed by atoms with Crippen LogP contribution in [0.4, 0.5) is 11.5 Å². The van der Waals surface area contributed by atoms with Gasteiger partial charge in [-0.05, 0) is 17.2 Å². The van der Waals surface area contributed by atoms with Gasteiger partial charge in [-0.15, -0.1) is 0 Å². The van der Waals surface area contributed by atoms with Crippen molar-refractivity contribution in [3.63, 3.8) is 0 Å². The van der Waals surface area contributed by atoms with Gasteiger partial charge in [0.25, 0.3) is 0 Å². The average Bonchev–Trinajstić information content (AvgIpc) is 2.82. The Morgan fingerprint density at radius 2 is 1.84 bits per heavy atom. The van der Waals surface area contributed by atoms with E-state index in [2.05, 4.69) is 17.1 Å². The van der Waals surface area contributed by atoms with Crippen LogP contribution in [0, 0.1) is 0 Å². The fraction of sp³-hybridized carbons (Fsp3) is 0.143. The Hall–Kier alpha value is -2.56. The van der Waals surface area contributed by atoms with Crippen molar-refractivity contribution < 1.29 is 9.90 Å². The van der Waals surface area contributed by atoms with E-state index in [4.69, 9.17) is 10.8 Å². The van der Waals surface area contributed by atoms with Gasteiger partial charge in [0.05, 0.1) is 11.3 Å². The molecule has 96 valence electrons. The summed E-state index contributed by atoms with van der Waals surface area (Å²) in [5, 5.41) is 9.08. The highest BCUT2D eigenvalue weighted by molar-refractivity contribution is 5.96. The van der Waals surface area contributed by atoms with E-state index in [0.717, 1.165) is 0 Å². The maximum Gasteiger partial charge on any atom is 0.337 e. The average molecular weight is 255 g/mol. The first-order valence-electron chi connectivity index (χ1n) is 5.96. The molecule has 0 unspecified atom stereocenters. The highest BCUT2D eigenvalue weighted by atomic mass is 16.4. The lowest BCUT2D eigenvalue weighted by molar-refractivity contribution is 0.0698. The lowest BCUT2D eigenvalue weighted by atomic mass is 10.1. The van der Waals surface area contributed by atoms with Crippen LogP contribution in [0.1, 0.15) is 21.5 Å². The van der Waals surface area contributed by atoms with Gasteiger partial charge in [0.15, 0.2) is 5.82 Å². The van der Waals surface area contributed by atoms with Crippen LogP contribution in [-0.2, 0) is 13.1 Å². The number of carboxylic acids is 1. The van der Waals surface area contributed by atoms with Gasteiger partial charge in [-0.2, -0.15) is 0 Å². The maximum atomic E-state index is 11.1. The Labute approximate surface area is 110 Å². The quantitative estimate of drug-likeness (QED) is 0.856. The molecular weight excluding hydrogens is 242 g/mol. The van der Waals surface area contributed by atoms with Gasteiger partial charge >= 0.3 is 5.97 Å². The Kier molecular flexibility index (Phi) is 2.59. The summed E-state index contributed by atoms with van der Waals surface area (Å²) in [6, 6.07) is 9.53. The minimum absolute atomic E-state index is 0.0981. The molecule has 19 heavy (non-hydrogen) atoms. The van der Waals surface area contributed by atoms with Crippen LogP contribution in [0.2, 0.25) is 0 Å². The summed E-state index contributed by atoms with van der Waals surface area (Å²) < 4.78 is 0. The zero-order chi connectivity index (χ0) is 13.4. The smallest absolute Gasteiger partial charge is 0.337 e. The molecule has 0 spiro atoms. The van der Waals surface area contributed by atoms with Gasteiger partial charge in [0.1, 0.15) is 0 Å². The number of fused-ring (bicyclic) bond motifs is 1. The molecule has 1 aliphatic rings. The molecule has 0 atom stereocenters. The molecule has 1 aromatic carbocycles. The van der Waals surface area contributed by atoms with Crippen molar-refractivity contribution in [3.8, 4) is 0 Å². The fourth-order valence-corrected chi connectivity index (χ4v) is 2.38. The Morgan fingerprint density at radius 3 is 2.42 bits per heavy atom. The standard InChI is InChI=1S/C14H13N3O2/c15-12-11(14(18)19)5-6-16-13(12)17-7-9-3-1-2-4-10(9)8-17/h1-6H,7-8,15H2,(H,18,19). The van der Waals surface area contributed by atoms with Crippen molar-refractivity contribution >= 4 is 17.5 Å². The van der Waals surface area contributed by atoms with E-state index in [1.165, 1.54) is 23.4 Å². The summed E-state index contributed by atoms with van der Waals surface area (Å²) in [7, 11) is 0. The molecule has 0 saturated carbocycles. The number of benzene rings is 1. The van der Waals surface area contributed by atoms with E-state index in [-0.39, 0.29) is 11.3 Å². The van der Waals surface area contributed by atoms with Gasteiger partial charge in [-0.1, -0.05) is 24.3 Å². The maximum absolute atomic E-state index is 11.1. The predicted molar refractivity (Wildman–Crippen MR) is 71.9 cm³/mol. The second-order valence-corrected chi connectivity index (χ2v) is 4.53. The van der Waals surface area contributed by atoms with Crippen molar-refractivity contribution in [1.82, 2.24) is 4.98 Å². The van der Waals surface area contributed by atoms with Crippen molar-refractivity contribution in [1.29, 1.82) is 0 Å². The Balaban J connectivity index is 1.98. The van der Waals surface area contributed by atoms with Crippen LogP contribution in [0.3, 0.4) is 0 Å². The van der Waals surface area contributed by atoms with Crippen LogP contribution in [0.25, 0.3) is 0 Å². The number of pyridine rings is 1. The van der Waals surface area contributed by atoms with Crippen molar-refractivity contribution in [3.05, 3.63) is 53.2 Å². The van der Waals surface area contributed by atoms with Crippen molar-refractivity contribution in [2.75, 3.05) is 10.6 Å². The summed E-state index contributed by atoms with van der Waals surface area (Å²) in [6.07, 6.45) is 1.48. The predicted octanol–water partition coefficient (Wildman–Crippen LogP) is 1.88. The SMILES string of the molecule is Nc1c(C(=O)O)ccnc1N1Cc2ccccc2C1. The third-order valence-corrected chi connectivity index (χ3v) is 3.34. The molecule has 3 rings (SSSR count). The Bertz CT molecular complexity index is 630. The van der Waals surface area contributed by atoms with Crippen LogP contribution in [0.15, 0.2) is 36.5 Å². The topological polar surface area (TPSA) is 79.5 Å². The second kappa shape index (κ2) is 4.28. The molecule has 1 aromatic heterocycles. The molecule has 5 heteroatoms. The number of carbonyl (C=O) groups is 1. The summed E-state index contributed by atoms with van der Waals surface area (Å²) in [5.74, 6) is -0.492. The van der Waals surface area contributed by atoms with Gasteiger partial charge in [-0.3, -0.25) is 0 Å². The van der Waals surface area contributed by atoms with Gasteiger partial charge in [0, 0.05) is 19.3 Å². The monoisotopic (exact) mass is 255 g/mol. The van der Waals surface area contributed by atoms with Gasteiger partial charge < -0.3 is 15.7 Å². The highest BCUT2D eigenvalue weighted by Crippen LogP contribution is 2.31. The molecule has 0 aliphatic carbocycles. The van der Waals surface area contributed by atoms with Crippen LogP contribution in [-0.4, -0.2) is 16.1 Å². The molecule has 3 N–H and O–H groups in total. The summed E-state index contributed by atoms with van der Waals surface area (Å²) in [4.78, 5) is 17.3. The lowest BCUT2D eigenvalue weighted by Crippen LogP contribution is -2.19.